The number of nitrogens with zero attached hydrogens (tertiary/aromatic N) is 1. The average molecular weight is 594 g/mol. The lowest BCUT2D eigenvalue weighted by molar-refractivity contribution is -0.143. The molecule has 1 amide bonds. The predicted octanol–water partition coefficient (Wildman–Crippen LogP) is 7.12. The second-order valence-electron chi connectivity index (χ2n) is 12.5. The number of esters is 1. The molecule has 44 heavy (non-hydrogen) atoms. The van der Waals surface area contributed by atoms with Crippen LogP contribution in [0.25, 0.3) is 10.8 Å². The van der Waals surface area contributed by atoms with Crippen LogP contribution in [-0.2, 0) is 20.7 Å². The summed E-state index contributed by atoms with van der Waals surface area (Å²) in [6.07, 6.45) is 0.671. The van der Waals surface area contributed by atoms with Crippen LogP contribution in [0.5, 0.6) is 0 Å². The molecule has 1 heterocycles. The maximum absolute atomic E-state index is 12.8. The summed E-state index contributed by atoms with van der Waals surface area (Å²) >= 11 is 0. The molecular formula is C37H43N3O4. The van der Waals surface area contributed by atoms with Crippen molar-refractivity contribution in [3.63, 3.8) is 0 Å². The number of hydrogen-bond donors (Lipinski definition) is 2. The zero-order valence-corrected chi connectivity index (χ0v) is 26.1. The summed E-state index contributed by atoms with van der Waals surface area (Å²) in [7, 11) is 0. The van der Waals surface area contributed by atoms with Gasteiger partial charge in [-0.1, -0.05) is 84.9 Å². The van der Waals surface area contributed by atoms with Crippen LogP contribution < -0.4 is 15.5 Å². The zero-order chi connectivity index (χ0) is 31.1. The number of alkyl carbamates (subject to hydrolysis) is 1. The van der Waals surface area contributed by atoms with Crippen LogP contribution in [-0.4, -0.2) is 43.4 Å². The van der Waals surface area contributed by atoms with Crippen LogP contribution in [0.15, 0.2) is 97.1 Å². The molecule has 230 valence electrons. The molecule has 1 saturated heterocycles. The lowest BCUT2D eigenvalue weighted by Gasteiger charge is -2.24. The van der Waals surface area contributed by atoms with Crippen molar-refractivity contribution in [3.8, 4) is 0 Å². The molecule has 5 rings (SSSR count). The Morgan fingerprint density at radius 3 is 2.36 bits per heavy atom. The van der Waals surface area contributed by atoms with Gasteiger partial charge in [-0.2, -0.15) is 0 Å². The van der Waals surface area contributed by atoms with E-state index in [2.05, 4.69) is 77.1 Å². The predicted molar refractivity (Wildman–Crippen MR) is 176 cm³/mol. The number of anilines is 1. The molecule has 3 atom stereocenters. The quantitative estimate of drug-likeness (QED) is 0.191. The Hall–Kier alpha value is -4.36. The molecule has 0 radical (unpaired) electrons. The summed E-state index contributed by atoms with van der Waals surface area (Å²) in [5.41, 5.74) is 3.56. The van der Waals surface area contributed by atoms with Gasteiger partial charge in [0.15, 0.2) is 0 Å². The zero-order valence-electron chi connectivity index (χ0n) is 26.1. The Labute approximate surface area is 260 Å². The summed E-state index contributed by atoms with van der Waals surface area (Å²) in [6.45, 7) is 9.59. The van der Waals surface area contributed by atoms with Gasteiger partial charge in [0.25, 0.3) is 0 Å². The molecule has 0 saturated carbocycles. The summed E-state index contributed by atoms with van der Waals surface area (Å²) in [6, 6.07) is 32.8. The lowest BCUT2D eigenvalue weighted by Crippen LogP contribution is -2.37. The van der Waals surface area contributed by atoms with E-state index in [9.17, 15) is 9.59 Å². The normalized spacial score (nSPS) is 16.4. The van der Waals surface area contributed by atoms with Gasteiger partial charge in [0.1, 0.15) is 12.2 Å². The minimum Gasteiger partial charge on any atom is -0.463 e. The molecule has 4 aromatic rings. The standard InChI is InChI=1S/C37H43N3O4/c1-26(32-16-10-14-28-11-8-9-15-33(28)32)38-30-21-22-40(24-30)31-19-17-27(18-20-31)23-35(41)43-25-34(29-12-6-5-7-13-29)39-36(42)44-37(2,3)4/h5-20,26,30,34,38H,21-25H2,1-4H3,(H,39,42)/t26-,30+,34-/m1/s1. The minimum absolute atomic E-state index is 0.0134. The first-order chi connectivity index (χ1) is 21.1. The van der Waals surface area contributed by atoms with E-state index in [-0.39, 0.29) is 25.0 Å². The number of nitrogens with one attached hydrogen (secondary N) is 2. The van der Waals surface area contributed by atoms with Crippen molar-refractivity contribution < 1.29 is 19.1 Å². The number of fused-ring (bicyclic) bond motifs is 1. The second-order valence-corrected chi connectivity index (χ2v) is 12.5. The third kappa shape index (κ3) is 8.38. The van der Waals surface area contributed by atoms with Crippen molar-refractivity contribution in [2.45, 2.75) is 64.3 Å². The molecule has 0 aliphatic carbocycles. The van der Waals surface area contributed by atoms with Crippen molar-refractivity contribution in [1.29, 1.82) is 0 Å². The number of hydrogen-bond acceptors (Lipinski definition) is 6. The van der Waals surface area contributed by atoms with Gasteiger partial charge in [-0.15, -0.1) is 0 Å². The topological polar surface area (TPSA) is 79.9 Å². The molecule has 0 aromatic heterocycles. The van der Waals surface area contributed by atoms with Crippen LogP contribution in [0, 0.1) is 0 Å². The highest BCUT2D eigenvalue weighted by molar-refractivity contribution is 5.86. The van der Waals surface area contributed by atoms with E-state index in [1.165, 1.54) is 16.3 Å². The van der Waals surface area contributed by atoms with Gasteiger partial charge < -0.3 is 25.0 Å². The van der Waals surface area contributed by atoms with Gasteiger partial charge in [-0.3, -0.25) is 4.79 Å². The fraction of sp³-hybridized carbons (Fsp3) is 0.351. The molecule has 4 aromatic carbocycles. The SMILES string of the molecule is C[C@@H](N[C@H]1CCN(c2ccc(CC(=O)OC[C@@H](NC(=O)OC(C)(C)C)c3ccccc3)cc2)C1)c1cccc2ccccc12. The summed E-state index contributed by atoms with van der Waals surface area (Å²) in [5.74, 6) is -0.350. The molecule has 1 aliphatic rings. The number of amides is 1. The van der Waals surface area contributed by atoms with Crippen molar-refractivity contribution in [3.05, 3.63) is 114 Å². The molecule has 0 spiro atoms. The molecular weight excluding hydrogens is 550 g/mol. The number of ether oxygens (including phenoxy) is 2. The van der Waals surface area contributed by atoms with Crippen molar-refractivity contribution >= 4 is 28.5 Å². The van der Waals surface area contributed by atoms with Gasteiger partial charge in [0.05, 0.1) is 12.5 Å². The van der Waals surface area contributed by atoms with E-state index in [0.29, 0.717) is 6.04 Å². The van der Waals surface area contributed by atoms with Crippen LogP contribution in [0.1, 0.15) is 62.9 Å². The number of carbonyl (C=O) groups excluding carboxylic acids is 2. The highest BCUT2D eigenvalue weighted by Gasteiger charge is 2.25. The van der Waals surface area contributed by atoms with E-state index in [0.717, 1.165) is 36.3 Å². The molecule has 7 heteroatoms. The van der Waals surface area contributed by atoms with Crippen molar-refractivity contribution in [2.75, 3.05) is 24.6 Å². The third-order valence-corrected chi connectivity index (χ3v) is 7.92. The van der Waals surface area contributed by atoms with Crippen LogP contribution in [0.3, 0.4) is 0 Å². The first kappa shape index (κ1) is 31.1. The number of benzene rings is 4. The Bertz CT molecular complexity index is 1540. The summed E-state index contributed by atoms with van der Waals surface area (Å²) in [4.78, 5) is 27.6. The highest BCUT2D eigenvalue weighted by Crippen LogP contribution is 2.27. The first-order valence-corrected chi connectivity index (χ1v) is 15.4. The molecule has 2 N–H and O–H groups in total. The fourth-order valence-corrected chi connectivity index (χ4v) is 5.78. The van der Waals surface area contributed by atoms with Crippen LogP contribution in [0.4, 0.5) is 10.5 Å². The Morgan fingerprint density at radius 1 is 0.909 bits per heavy atom. The molecule has 0 bridgehead atoms. The first-order valence-electron chi connectivity index (χ1n) is 15.4. The lowest BCUT2D eigenvalue weighted by atomic mass is 9.99. The van der Waals surface area contributed by atoms with Crippen molar-refractivity contribution in [1.82, 2.24) is 10.6 Å². The maximum atomic E-state index is 12.8. The molecule has 0 unspecified atom stereocenters. The van der Waals surface area contributed by atoms with E-state index < -0.39 is 17.7 Å². The van der Waals surface area contributed by atoms with E-state index >= 15 is 0 Å². The smallest absolute Gasteiger partial charge is 0.408 e. The van der Waals surface area contributed by atoms with Gasteiger partial charge >= 0.3 is 12.1 Å². The fourth-order valence-electron chi connectivity index (χ4n) is 5.78. The van der Waals surface area contributed by atoms with Crippen LogP contribution >= 0.6 is 0 Å². The Kier molecular flexibility index (Phi) is 9.85. The number of carbonyl (C=O) groups is 2. The maximum Gasteiger partial charge on any atom is 0.408 e. The second kappa shape index (κ2) is 14.0. The Morgan fingerprint density at radius 2 is 1.61 bits per heavy atom. The van der Waals surface area contributed by atoms with Gasteiger partial charge in [-0.25, -0.2) is 4.79 Å². The Balaban J connectivity index is 1.12. The largest absolute Gasteiger partial charge is 0.463 e. The van der Waals surface area contributed by atoms with E-state index in [1.54, 1.807) is 0 Å². The number of rotatable bonds is 10. The van der Waals surface area contributed by atoms with Crippen LogP contribution in [0.2, 0.25) is 0 Å². The van der Waals surface area contributed by atoms with E-state index in [4.69, 9.17) is 9.47 Å². The van der Waals surface area contributed by atoms with E-state index in [1.807, 2.05) is 63.2 Å². The van der Waals surface area contributed by atoms with Gasteiger partial charge in [0, 0.05) is 30.9 Å². The minimum atomic E-state index is -0.628. The molecule has 7 nitrogen and oxygen atoms in total. The monoisotopic (exact) mass is 593 g/mol. The molecule has 1 aliphatic heterocycles. The average Bonchev–Trinajstić information content (AvgIpc) is 3.47. The summed E-state index contributed by atoms with van der Waals surface area (Å²) in [5, 5.41) is 9.24. The van der Waals surface area contributed by atoms with Gasteiger partial charge in [0.2, 0.25) is 0 Å². The van der Waals surface area contributed by atoms with Crippen molar-refractivity contribution in [2.24, 2.45) is 0 Å². The van der Waals surface area contributed by atoms with Gasteiger partial charge in [-0.05, 0) is 73.7 Å². The third-order valence-electron chi connectivity index (χ3n) is 7.92. The highest BCUT2D eigenvalue weighted by atomic mass is 16.6. The molecule has 1 fully saturated rings. The summed E-state index contributed by atoms with van der Waals surface area (Å²) < 4.78 is 11.0.